The average Bonchev–Trinajstić information content (AvgIpc) is 2.90. The molecule has 2 saturated heterocycles. The SMILES string of the molecule is Brc1ccc(N2CC[C@H](C3CCOCC3)C2)nc1. The molecule has 0 saturated carbocycles. The molecular formula is C14H19BrN2O. The lowest BCUT2D eigenvalue weighted by molar-refractivity contribution is 0.0500. The molecule has 4 heteroatoms. The van der Waals surface area contributed by atoms with Crippen LogP contribution in [0.5, 0.6) is 0 Å². The number of ether oxygens (including phenoxy) is 1. The normalized spacial score (nSPS) is 25.6. The molecule has 1 aromatic heterocycles. The van der Waals surface area contributed by atoms with E-state index < -0.39 is 0 Å². The molecule has 0 spiro atoms. The van der Waals surface area contributed by atoms with Gasteiger partial charge in [-0.3, -0.25) is 0 Å². The second-order valence-electron chi connectivity index (χ2n) is 5.28. The number of pyridine rings is 1. The molecule has 0 aromatic carbocycles. The molecule has 3 heterocycles. The fraction of sp³-hybridized carbons (Fsp3) is 0.643. The number of hydrogen-bond acceptors (Lipinski definition) is 3. The molecule has 2 aliphatic rings. The fourth-order valence-corrected chi connectivity index (χ4v) is 3.36. The highest BCUT2D eigenvalue weighted by Gasteiger charge is 2.30. The van der Waals surface area contributed by atoms with Crippen LogP contribution in [0, 0.1) is 11.8 Å². The van der Waals surface area contributed by atoms with E-state index in [4.69, 9.17) is 4.74 Å². The van der Waals surface area contributed by atoms with Crippen molar-refractivity contribution in [1.29, 1.82) is 0 Å². The fourth-order valence-electron chi connectivity index (χ4n) is 3.12. The van der Waals surface area contributed by atoms with Crippen molar-refractivity contribution in [2.75, 3.05) is 31.2 Å². The Bertz CT molecular complexity index is 389. The standard InChI is InChI=1S/C14H19BrN2O/c15-13-1-2-14(16-9-13)17-6-3-12(10-17)11-4-7-18-8-5-11/h1-2,9,11-12H,3-8,10H2/t12-/m0/s1. The van der Waals surface area contributed by atoms with Gasteiger partial charge in [0.25, 0.3) is 0 Å². The first-order chi connectivity index (χ1) is 8.83. The smallest absolute Gasteiger partial charge is 0.128 e. The van der Waals surface area contributed by atoms with Crippen LogP contribution >= 0.6 is 15.9 Å². The van der Waals surface area contributed by atoms with Gasteiger partial charge in [-0.2, -0.15) is 0 Å². The summed E-state index contributed by atoms with van der Waals surface area (Å²) in [6.07, 6.45) is 5.68. The highest BCUT2D eigenvalue weighted by atomic mass is 79.9. The summed E-state index contributed by atoms with van der Waals surface area (Å²) < 4.78 is 6.50. The number of hydrogen-bond donors (Lipinski definition) is 0. The van der Waals surface area contributed by atoms with Gasteiger partial charge < -0.3 is 9.64 Å². The van der Waals surface area contributed by atoms with Crippen LogP contribution < -0.4 is 4.90 Å². The number of rotatable bonds is 2. The molecule has 0 amide bonds. The number of nitrogens with zero attached hydrogens (tertiary/aromatic N) is 2. The summed E-state index contributed by atoms with van der Waals surface area (Å²) >= 11 is 3.43. The van der Waals surface area contributed by atoms with Crippen molar-refractivity contribution in [3.63, 3.8) is 0 Å². The molecule has 3 rings (SSSR count). The molecule has 18 heavy (non-hydrogen) atoms. The highest BCUT2D eigenvalue weighted by molar-refractivity contribution is 9.10. The molecule has 1 aromatic rings. The van der Waals surface area contributed by atoms with Gasteiger partial charge in [0, 0.05) is 37.0 Å². The van der Waals surface area contributed by atoms with Gasteiger partial charge in [0.1, 0.15) is 5.82 Å². The average molecular weight is 311 g/mol. The Labute approximate surface area is 117 Å². The predicted molar refractivity (Wildman–Crippen MR) is 75.8 cm³/mol. The van der Waals surface area contributed by atoms with Crippen molar-refractivity contribution >= 4 is 21.7 Å². The predicted octanol–water partition coefficient (Wildman–Crippen LogP) is 3.10. The van der Waals surface area contributed by atoms with E-state index in [0.717, 1.165) is 41.9 Å². The topological polar surface area (TPSA) is 25.4 Å². The van der Waals surface area contributed by atoms with Crippen LogP contribution in [0.4, 0.5) is 5.82 Å². The largest absolute Gasteiger partial charge is 0.381 e. The Balaban J connectivity index is 1.62. The van der Waals surface area contributed by atoms with Crippen molar-refractivity contribution in [1.82, 2.24) is 4.98 Å². The molecule has 0 N–H and O–H groups in total. The summed E-state index contributed by atoms with van der Waals surface area (Å²) in [5.74, 6) is 2.81. The van der Waals surface area contributed by atoms with E-state index in [9.17, 15) is 0 Å². The quantitative estimate of drug-likeness (QED) is 0.839. The molecule has 2 fully saturated rings. The number of halogens is 1. The number of aromatic nitrogens is 1. The van der Waals surface area contributed by atoms with E-state index in [2.05, 4.69) is 37.9 Å². The van der Waals surface area contributed by atoms with Crippen LogP contribution in [0.15, 0.2) is 22.8 Å². The van der Waals surface area contributed by atoms with Gasteiger partial charge in [-0.1, -0.05) is 0 Å². The van der Waals surface area contributed by atoms with Gasteiger partial charge >= 0.3 is 0 Å². The van der Waals surface area contributed by atoms with E-state index in [1.54, 1.807) is 0 Å². The van der Waals surface area contributed by atoms with Crippen LogP contribution in [-0.4, -0.2) is 31.3 Å². The maximum Gasteiger partial charge on any atom is 0.128 e. The van der Waals surface area contributed by atoms with Crippen LogP contribution in [0.25, 0.3) is 0 Å². The summed E-state index contributed by atoms with van der Waals surface area (Å²) in [5, 5.41) is 0. The monoisotopic (exact) mass is 310 g/mol. The maximum atomic E-state index is 5.45. The first-order valence-corrected chi connectivity index (χ1v) is 7.56. The lowest BCUT2D eigenvalue weighted by atomic mass is 9.85. The Kier molecular flexibility index (Phi) is 3.85. The first-order valence-electron chi connectivity index (χ1n) is 6.77. The minimum absolute atomic E-state index is 0.833. The van der Waals surface area contributed by atoms with E-state index in [0.29, 0.717) is 0 Å². The summed E-state index contributed by atoms with van der Waals surface area (Å²) in [4.78, 5) is 6.92. The van der Waals surface area contributed by atoms with Crippen molar-refractivity contribution in [2.24, 2.45) is 11.8 Å². The highest BCUT2D eigenvalue weighted by Crippen LogP contribution is 2.32. The molecule has 0 radical (unpaired) electrons. The minimum Gasteiger partial charge on any atom is -0.381 e. The lowest BCUT2D eigenvalue weighted by Crippen LogP contribution is -2.27. The van der Waals surface area contributed by atoms with E-state index >= 15 is 0 Å². The Hall–Kier alpha value is -0.610. The van der Waals surface area contributed by atoms with Gasteiger partial charge in [0.15, 0.2) is 0 Å². The summed E-state index contributed by atoms with van der Waals surface area (Å²) in [5.41, 5.74) is 0. The third-order valence-corrected chi connectivity index (χ3v) is 4.66. The van der Waals surface area contributed by atoms with Crippen molar-refractivity contribution in [2.45, 2.75) is 19.3 Å². The number of anilines is 1. The summed E-state index contributed by atoms with van der Waals surface area (Å²) in [6.45, 7) is 4.23. The van der Waals surface area contributed by atoms with Crippen molar-refractivity contribution < 1.29 is 4.74 Å². The van der Waals surface area contributed by atoms with Crippen molar-refractivity contribution in [3.05, 3.63) is 22.8 Å². The van der Waals surface area contributed by atoms with Crippen molar-refractivity contribution in [3.8, 4) is 0 Å². The Morgan fingerprint density at radius 3 is 2.72 bits per heavy atom. The van der Waals surface area contributed by atoms with E-state index in [-0.39, 0.29) is 0 Å². The Morgan fingerprint density at radius 1 is 1.17 bits per heavy atom. The molecule has 3 nitrogen and oxygen atoms in total. The third kappa shape index (κ3) is 2.69. The first kappa shape index (κ1) is 12.4. The zero-order valence-electron chi connectivity index (χ0n) is 10.5. The van der Waals surface area contributed by atoms with E-state index in [1.807, 2.05) is 6.20 Å². The minimum atomic E-state index is 0.833. The zero-order chi connectivity index (χ0) is 12.4. The van der Waals surface area contributed by atoms with Gasteiger partial charge in [-0.15, -0.1) is 0 Å². The van der Waals surface area contributed by atoms with Gasteiger partial charge in [-0.05, 0) is 59.2 Å². The second-order valence-corrected chi connectivity index (χ2v) is 6.19. The molecular weight excluding hydrogens is 292 g/mol. The summed E-state index contributed by atoms with van der Waals surface area (Å²) in [6, 6.07) is 4.18. The van der Waals surface area contributed by atoms with Crippen LogP contribution in [0.2, 0.25) is 0 Å². The molecule has 1 atom stereocenters. The lowest BCUT2D eigenvalue weighted by Gasteiger charge is -2.27. The molecule has 2 aliphatic heterocycles. The summed E-state index contributed by atoms with van der Waals surface area (Å²) in [7, 11) is 0. The van der Waals surface area contributed by atoms with Gasteiger partial charge in [0.2, 0.25) is 0 Å². The third-order valence-electron chi connectivity index (χ3n) is 4.19. The molecule has 0 bridgehead atoms. The van der Waals surface area contributed by atoms with Gasteiger partial charge in [-0.25, -0.2) is 4.98 Å². The van der Waals surface area contributed by atoms with Crippen LogP contribution in [0.1, 0.15) is 19.3 Å². The second kappa shape index (κ2) is 5.57. The molecule has 0 unspecified atom stereocenters. The van der Waals surface area contributed by atoms with Gasteiger partial charge in [0.05, 0.1) is 0 Å². The van der Waals surface area contributed by atoms with E-state index in [1.165, 1.54) is 25.8 Å². The van der Waals surface area contributed by atoms with Crippen LogP contribution in [0.3, 0.4) is 0 Å². The maximum absolute atomic E-state index is 5.45. The molecule has 0 aliphatic carbocycles. The Morgan fingerprint density at radius 2 is 2.00 bits per heavy atom. The van der Waals surface area contributed by atoms with Crippen LogP contribution in [-0.2, 0) is 4.74 Å². The molecule has 98 valence electrons. The zero-order valence-corrected chi connectivity index (χ0v) is 12.1.